The standard InChI is InChI=1S/C12H12ClN3OS/c1-2-9(17)15-12-16-10(11(14)18-12)7-3-5-8(13)6-4-7/h3-6H,2,14H2,1H3,(H,15,16,17). The topological polar surface area (TPSA) is 68.0 Å². The van der Waals surface area contributed by atoms with Crippen molar-refractivity contribution in [3.63, 3.8) is 0 Å². The van der Waals surface area contributed by atoms with Gasteiger partial charge in [0.15, 0.2) is 5.13 Å². The lowest BCUT2D eigenvalue weighted by Crippen LogP contribution is -2.08. The summed E-state index contributed by atoms with van der Waals surface area (Å²) in [5.74, 6) is -0.0774. The maximum atomic E-state index is 11.3. The number of thiazole rings is 1. The lowest BCUT2D eigenvalue weighted by atomic mass is 10.2. The number of nitrogen functional groups attached to an aromatic ring is 1. The van der Waals surface area contributed by atoms with Gasteiger partial charge in [-0.05, 0) is 12.1 Å². The largest absolute Gasteiger partial charge is 0.389 e. The summed E-state index contributed by atoms with van der Waals surface area (Å²) in [6.07, 6.45) is 0.412. The van der Waals surface area contributed by atoms with E-state index in [2.05, 4.69) is 10.3 Å². The number of anilines is 2. The van der Waals surface area contributed by atoms with Crippen LogP contribution in [-0.4, -0.2) is 10.9 Å². The molecule has 0 saturated carbocycles. The lowest BCUT2D eigenvalue weighted by molar-refractivity contribution is -0.115. The summed E-state index contributed by atoms with van der Waals surface area (Å²) in [7, 11) is 0. The fourth-order valence-corrected chi connectivity index (χ4v) is 2.30. The third kappa shape index (κ3) is 2.80. The molecule has 0 aliphatic rings. The SMILES string of the molecule is CCC(=O)Nc1nc(-c2ccc(Cl)cc2)c(N)s1. The molecule has 1 aromatic heterocycles. The maximum absolute atomic E-state index is 11.3. The Morgan fingerprint density at radius 2 is 2.11 bits per heavy atom. The highest BCUT2D eigenvalue weighted by atomic mass is 35.5. The molecule has 0 bridgehead atoms. The van der Waals surface area contributed by atoms with Gasteiger partial charge in [-0.25, -0.2) is 4.98 Å². The van der Waals surface area contributed by atoms with Crippen molar-refractivity contribution in [2.24, 2.45) is 0 Å². The van der Waals surface area contributed by atoms with Gasteiger partial charge >= 0.3 is 0 Å². The molecular formula is C12H12ClN3OS. The monoisotopic (exact) mass is 281 g/mol. The summed E-state index contributed by atoms with van der Waals surface area (Å²) in [6, 6.07) is 7.25. The first-order valence-corrected chi connectivity index (χ1v) is 6.61. The molecular weight excluding hydrogens is 270 g/mol. The van der Waals surface area contributed by atoms with Crippen molar-refractivity contribution in [3.8, 4) is 11.3 Å². The van der Waals surface area contributed by atoms with Crippen molar-refractivity contribution in [2.75, 3.05) is 11.1 Å². The van der Waals surface area contributed by atoms with Gasteiger partial charge in [0.1, 0.15) is 10.7 Å². The van der Waals surface area contributed by atoms with Crippen LogP contribution in [0.4, 0.5) is 10.1 Å². The van der Waals surface area contributed by atoms with Crippen LogP contribution >= 0.6 is 22.9 Å². The van der Waals surface area contributed by atoms with E-state index < -0.39 is 0 Å². The molecule has 3 N–H and O–H groups in total. The summed E-state index contributed by atoms with van der Waals surface area (Å²) < 4.78 is 0. The van der Waals surface area contributed by atoms with E-state index in [1.807, 2.05) is 12.1 Å². The number of carbonyl (C=O) groups excluding carboxylic acids is 1. The average molecular weight is 282 g/mol. The number of amides is 1. The number of nitrogens with zero attached hydrogens (tertiary/aromatic N) is 1. The summed E-state index contributed by atoms with van der Waals surface area (Å²) in [5, 5.41) is 4.45. The fourth-order valence-electron chi connectivity index (χ4n) is 1.41. The zero-order valence-corrected chi connectivity index (χ0v) is 11.3. The van der Waals surface area contributed by atoms with E-state index in [1.54, 1.807) is 19.1 Å². The number of hydrogen-bond acceptors (Lipinski definition) is 4. The second kappa shape index (κ2) is 5.37. The van der Waals surface area contributed by atoms with E-state index in [1.165, 1.54) is 11.3 Å². The Morgan fingerprint density at radius 1 is 1.44 bits per heavy atom. The third-order valence-corrected chi connectivity index (χ3v) is 3.39. The number of nitrogens with two attached hydrogens (primary N) is 1. The minimum Gasteiger partial charge on any atom is -0.389 e. The summed E-state index contributed by atoms with van der Waals surface area (Å²) in [4.78, 5) is 15.6. The Bertz CT molecular complexity index is 565. The molecule has 0 aliphatic heterocycles. The first-order valence-electron chi connectivity index (χ1n) is 5.42. The van der Waals surface area contributed by atoms with Gasteiger partial charge in [-0.2, -0.15) is 0 Å². The molecule has 6 heteroatoms. The molecule has 0 unspecified atom stereocenters. The average Bonchev–Trinajstić information content (AvgIpc) is 2.71. The van der Waals surface area contributed by atoms with Gasteiger partial charge in [-0.3, -0.25) is 4.79 Å². The van der Waals surface area contributed by atoms with Gasteiger partial charge in [0.05, 0.1) is 0 Å². The van der Waals surface area contributed by atoms with Gasteiger partial charge in [0.25, 0.3) is 0 Å². The number of hydrogen-bond donors (Lipinski definition) is 2. The molecule has 18 heavy (non-hydrogen) atoms. The van der Waals surface area contributed by atoms with Crippen LogP contribution in [-0.2, 0) is 4.79 Å². The zero-order valence-electron chi connectivity index (χ0n) is 9.74. The number of halogens is 1. The molecule has 1 amide bonds. The molecule has 0 saturated heterocycles. The minimum absolute atomic E-state index is 0.0774. The Morgan fingerprint density at radius 3 is 2.72 bits per heavy atom. The summed E-state index contributed by atoms with van der Waals surface area (Å²) >= 11 is 7.08. The molecule has 0 spiro atoms. The van der Waals surface area contributed by atoms with Gasteiger partial charge in [0, 0.05) is 17.0 Å². The quantitative estimate of drug-likeness (QED) is 0.906. The molecule has 0 atom stereocenters. The van der Waals surface area contributed by atoms with Gasteiger partial charge < -0.3 is 11.1 Å². The van der Waals surface area contributed by atoms with Crippen LogP contribution in [0.25, 0.3) is 11.3 Å². The minimum atomic E-state index is -0.0774. The molecule has 0 fully saturated rings. The van der Waals surface area contributed by atoms with Crippen LogP contribution in [0.5, 0.6) is 0 Å². The highest BCUT2D eigenvalue weighted by Crippen LogP contribution is 2.33. The lowest BCUT2D eigenvalue weighted by Gasteiger charge is -1.98. The predicted molar refractivity (Wildman–Crippen MR) is 75.9 cm³/mol. The molecule has 0 radical (unpaired) electrons. The Hall–Kier alpha value is -1.59. The predicted octanol–water partition coefficient (Wildman–Crippen LogP) is 3.39. The number of rotatable bonds is 3. The number of carbonyl (C=O) groups is 1. The summed E-state index contributed by atoms with van der Waals surface area (Å²) in [6.45, 7) is 1.78. The number of nitrogens with one attached hydrogen (secondary N) is 1. The van der Waals surface area contributed by atoms with Crippen molar-refractivity contribution < 1.29 is 4.79 Å². The zero-order chi connectivity index (χ0) is 13.1. The Balaban J connectivity index is 2.29. The Kier molecular flexibility index (Phi) is 3.84. The highest BCUT2D eigenvalue weighted by Gasteiger charge is 2.11. The molecule has 4 nitrogen and oxygen atoms in total. The van der Waals surface area contributed by atoms with Crippen molar-refractivity contribution in [3.05, 3.63) is 29.3 Å². The first kappa shape index (κ1) is 12.9. The maximum Gasteiger partial charge on any atom is 0.225 e. The van der Waals surface area contributed by atoms with E-state index in [0.717, 1.165) is 5.56 Å². The van der Waals surface area contributed by atoms with Gasteiger partial charge in [0.2, 0.25) is 5.91 Å². The normalized spacial score (nSPS) is 10.3. The van der Waals surface area contributed by atoms with E-state index in [4.69, 9.17) is 17.3 Å². The van der Waals surface area contributed by atoms with Crippen LogP contribution in [0, 0.1) is 0 Å². The molecule has 1 heterocycles. The van der Waals surface area contributed by atoms with Crippen molar-refractivity contribution in [1.29, 1.82) is 0 Å². The first-order chi connectivity index (χ1) is 8.60. The van der Waals surface area contributed by atoms with E-state index in [9.17, 15) is 4.79 Å². The smallest absolute Gasteiger partial charge is 0.225 e. The van der Waals surface area contributed by atoms with Crippen molar-refractivity contribution >= 4 is 39.0 Å². The van der Waals surface area contributed by atoms with Gasteiger partial charge in [-0.1, -0.05) is 42.0 Å². The van der Waals surface area contributed by atoms with E-state index in [0.29, 0.717) is 27.3 Å². The number of aromatic nitrogens is 1. The molecule has 2 aromatic rings. The van der Waals surface area contributed by atoms with E-state index >= 15 is 0 Å². The summed E-state index contributed by atoms with van der Waals surface area (Å²) in [5.41, 5.74) is 7.45. The fraction of sp³-hybridized carbons (Fsp3) is 0.167. The van der Waals surface area contributed by atoms with Crippen LogP contribution in [0.2, 0.25) is 5.02 Å². The molecule has 2 rings (SSSR count). The van der Waals surface area contributed by atoms with Crippen molar-refractivity contribution in [2.45, 2.75) is 13.3 Å². The van der Waals surface area contributed by atoms with Crippen LogP contribution in [0.1, 0.15) is 13.3 Å². The van der Waals surface area contributed by atoms with Crippen LogP contribution in [0.3, 0.4) is 0 Å². The third-order valence-electron chi connectivity index (χ3n) is 2.34. The second-order valence-electron chi connectivity index (χ2n) is 3.64. The highest BCUT2D eigenvalue weighted by molar-refractivity contribution is 7.20. The molecule has 94 valence electrons. The molecule has 0 aliphatic carbocycles. The van der Waals surface area contributed by atoms with Crippen molar-refractivity contribution in [1.82, 2.24) is 4.98 Å². The Labute approximate surface area is 114 Å². The van der Waals surface area contributed by atoms with Crippen LogP contribution in [0.15, 0.2) is 24.3 Å². The molecule has 1 aromatic carbocycles. The van der Waals surface area contributed by atoms with Crippen LogP contribution < -0.4 is 11.1 Å². The second-order valence-corrected chi connectivity index (χ2v) is 5.11. The number of benzene rings is 1. The van der Waals surface area contributed by atoms with E-state index in [-0.39, 0.29) is 5.91 Å². The van der Waals surface area contributed by atoms with Gasteiger partial charge in [-0.15, -0.1) is 0 Å².